The Hall–Kier alpha value is -2.76. The van der Waals surface area contributed by atoms with Gasteiger partial charge in [-0.15, -0.1) is 0 Å². The molecule has 6 heteroatoms. The van der Waals surface area contributed by atoms with Crippen molar-refractivity contribution < 1.29 is 19.5 Å². The highest BCUT2D eigenvalue weighted by Gasteiger charge is 2.28. The molecule has 3 rings (SSSR count). The number of hydrogen-bond donors (Lipinski definition) is 2. The van der Waals surface area contributed by atoms with Crippen LogP contribution in [0.5, 0.6) is 0 Å². The van der Waals surface area contributed by atoms with Crippen molar-refractivity contribution in [2.24, 2.45) is 0 Å². The molecule has 2 aromatic rings. The van der Waals surface area contributed by atoms with Crippen LogP contribution in [0.3, 0.4) is 0 Å². The first-order chi connectivity index (χ1) is 10.1. The maximum absolute atomic E-state index is 11.9. The van der Waals surface area contributed by atoms with Gasteiger partial charge in [-0.2, -0.15) is 0 Å². The number of hydrogen-bond acceptors (Lipinski definition) is 4. The van der Waals surface area contributed by atoms with Gasteiger partial charge in [0.25, 0.3) is 0 Å². The molecule has 0 radical (unpaired) electrons. The zero-order valence-electron chi connectivity index (χ0n) is 11.0. The molecule has 0 bridgehead atoms. The molecular formula is C15H12N2O4. The lowest BCUT2D eigenvalue weighted by Crippen LogP contribution is -2.39. The SMILES string of the molecule is O=C1CCC(c2ccc3c(C(=O)O)cncc3c2)C(=O)N1. The largest absolute Gasteiger partial charge is 0.478 e. The number of piperidine rings is 1. The van der Waals surface area contributed by atoms with E-state index < -0.39 is 5.97 Å². The van der Waals surface area contributed by atoms with E-state index in [0.29, 0.717) is 23.6 Å². The summed E-state index contributed by atoms with van der Waals surface area (Å²) >= 11 is 0. The number of benzene rings is 1. The predicted octanol–water partition coefficient (Wildman–Crippen LogP) is 1.45. The van der Waals surface area contributed by atoms with Crippen molar-refractivity contribution in [1.82, 2.24) is 10.3 Å². The van der Waals surface area contributed by atoms with Gasteiger partial charge in [0.05, 0.1) is 11.5 Å². The molecule has 1 aliphatic rings. The molecule has 6 nitrogen and oxygen atoms in total. The summed E-state index contributed by atoms with van der Waals surface area (Å²) in [5, 5.41) is 12.7. The van der Waals surface area contributed by atoms with Crippen molar-refractivity contribution in [2.75, 3.05) is 0 Å². The Morgan fingerprint density at radius 1 is 1.29 bits per heavy atom. The summed E-state index contributed by atoms with van der Waals surface area (Å²) < 4.78 is 0. The first-order valence-electron chi connectivity index (χ1n) is 6.51. The van der Waals surface area contributed by atoms with Gasteiger partial charge in [0.1, 0.15) is 0 Å². The number of pyridine rings is 1. The Morgan fingerprint density at radius 3 is 2.81 bits per heavy atom. The molecule has 0 spiro atoms. The minimum atomic E-state index is -1.04. The Balaban J connectivity index is 2.04. The number of fused-ring (bicyclic) bond motifs is 1. The third kappa shape index (κ3) is 2.35. The van der Waals surface area contributed by atoms with Gasteiger partial charge >= 0.3 is 5.97 Å². The zero-order chi connectivity index (χ0) is 15.0. The highest BCUT2D eigenvalue weighted by Crippen LogP contribution is 2.28. The summed E-state index contributed by atoms with van der Waals surface area (Å²) in [6.45, 7) is 0. The number of imide groups is 1. The standard InChI is InChI=1S/C15H12N2O4/c18-13-4-3-11(14(19)17-13)8-1-2-10-9(5-8)6-16-7-12(10)15(20)21/h1-2,5-7,11H,3-4H2,(H,20,21)(H,17,18,19). The topological polar surface area (TPSA) is 96.4 Å². The van der Waals surface area contributed by atoms with Gasteiger partial charge in [-0.25, -0.2) is 4.79 Å². The summed E-state index contributed by atoms with van der Waals surface area (Å²) in [5.74, 6) is -2.00. The fraction of sp³-hybridized carbons (Fsp3) is 0.200. The molecule has 106 valence electrons. The number of carbonyl (C=O) groups excluding carboxylic acids is 2. The van der Waals surface area contributed by atoms with Gasteiger partial charge in [0, 0.05) is 24.2 Å². The summed E-state index contributed by atoms with van der Waals surface area (Å²) in [6, 6.07) is 5.17. The number of aromatic nitrogens is 1. The van der Waals surface area contributed by atoms with E-state index in [1.807, 2.05) is 0 Å². The molecule has 1 unspecified atom stereocenters. The third-order valence-electron chi connectivity index (χ3n) is 3.66. The lowest BCUT2D eigenvalue weighted by Gasteiger charge is -2.21. The quantitative estimate of drug-likeness (QED) is 0.814. The zero-order valence-corrected chi connectivity index (χ0v) is 11.0. The molecule has 2 N–H and O–H groups in total. The van der Waals surface area contributed by atoms with E-state index in [-0.39, 0.29) is 23.3 Å². The molecule has 1 aliphatic heterocycles. The van der Waals surface area contributed by atoms with Gasteiger partial charge in [-0.1, -0.05) is 12.1 Å². The summed E-state index contributed by atoms with van der Waals surface area (Å²) in [7, 11) is 0. The molecular weight excluding hydrogens is 272 g/mol. The molecule has 21 heavy (non-hydrogen) atoms. The van der Waals surface area contributed by atoms with Gasteiger partial charge in [-0.05, 0) is 23.4 Å². The molecule has 1 aromatic heterocycles. The van der Waals surface area contributed by atoms with Crippen LogP contribution < -0.4 is 5.32 Å². The number of carbonyl (C=O) groups is 3. The Labute approximate surface area is 119 Å². The number of nitrogens with zero attached hydrogens (tertiary/aromatic N) is 1. The molecule has 0 aliphatic carbocycles. The second-order valence-corrected chi connectivity index (χ2v) is 4.98. The summed E-state index contributed by atoms with van der Waals surface area (Å²) in [4.78, 5) is 38.1. The van der Waals surface area contributed by atoms with Crippen molar-refractivity contribution in [3.8, 4) is 0 Å². The Morgan fingerprint density at radius 2 is 2.10 bits per heavy atom. The summed E-state index contributed by atoms with van der Waals surface area (Å²) in [5.41, 5.74) is 0.888. The molecule has 1 saturated heterocycles. The van der Waals surface area contributed by atoms with Gasteiger partial charge in [0.15, 0.2) is 0 Å². The van der Waals surface area contributed by atoms with Crippen LogP contribution in [-0.2, 0) is 9.59 Å². The minimum Gasteiger partial charge on any atom is -0.478 e. The van der Waals surface area contributed by atoms with E-state index in [4.69, 9.17) is 5.11 Å². The fourth-order valence-corrected chi connectivity index (χ4v) is 2.59. The maximum atomic E-state index is 11.9. The number of nitrogens with one attached hydrogen (secondary N) is 1. The van der Waals surface area contributed by atoms with E-state index in [1.165, 1.54) is 6.20 Å². The average Bonchev–Trinajstić information content (AvgIpc) is 2.46. The van der Waals surface area contributed by atoms with E-state index in [0.717, 1.165) is 5.56 Å². The van der Waals surface area contributed by atoms with Gasteiger partial charge < -0.3 is 5.11 Å². The molecule has 2 heterocycles. The second kappa shape index (κ2) is 4.97. The second-order valence-electron chi connectivity index (χ2n) is 4.98. The lowest BCUT2D eigenvalue weighted by molar-refractivity contribution is -0.134. The average molecular weight is 284 g/mol. The van der Waals surface area contributed by atoms with Crippen LogP contribution in [0.4, 0.5) is 0 Å². The van der Waals surface area contributed by atoms with Crippen LogP contribution in [0, 0.1) is 0 Å². The fourth-order valence-electron chi connectivity index (χ4n) is 2.59. The summed E-state index contributed by atoms with van der Waals surface area (Å²) in [6.07, 6.45) is 3.64. The highest BCUT2D eigenvalue weighted by molar-refractivity contribution is 6.04. The molecule has 2 amide bonds. The Bertz CT molecular complexity index is 769. The molecule has 1 aromatic carbocycles. The maximum Gasteiger partial charge on any atom is 0.337 e. The van der Waals surface area contributed by atoms with Crippen LogP contribution in [0.1, 0.15) is 34.7 Å². The number of amides is 2. The van der Waals surface area contributed by atoms with Crippen molar-refractivity contribution >= 4 is 28.6 Å². The molecule has 0 saturated carbocycles. The van der Waals surface area contributed by atoms with E-state index in [2.05, 4.69) is 10.3 Å². The van der Waals surface area contributed by atoms with Crippen molar-refractivity contribution in [1.29, 1.82) is 0 Å². The lowest BCUT2D eigenvalue weighted by atomic mass is 9.89. The van der Waals surface area contributed by atoms with Crippen LogP contribution in [0.25, 0.3) is 10.8 Å². The number of rotatable bonds is 2. The minimum absolute atomic E-state index is 0.127. The first-order valence-corrected chi connectivity index (χ1v) is 6.51. The van der Waals surface area contributed by atoms with E-state index in [1.54, 1.807) is 24.4 Å². The Kier molecular flexibility index (Phi) is 3.13. The molecule has 1 atom stereocenters. The normalized spacial score (nSPS) is 18.6. The van der Waals surface area contributed by atoms with Crippen LogP contribution in [-0.4, -0.2) is 27.9 Å². The van der Waals surface area contributed by atoms with Crippen LogP contribution in [0.15, 0.2) is 30.6 Å². The first kappa shape index (κ1) is 13.2. The monoisotopic (exact) mass is 284 g/mol. The number of carboxylic acids is 1. The van der Waals surface area contributed by atoms with E-state index in [9.17, 15) is 14.4 Å². The third-order valence-corrected chi connectivity index (χ3v) is 3.66. The van der Waals surface area contributed by atoms with E-state index >= 15 is 0 Å². The number of carboxylic acid groups (broad SMARTS) is 1. The van der Waals surface area contributed by atoms with Gasteiger partial charge in [-0.3, -0.25) is 19.9 Å². The van der Waals surface area contributed by atoms with Crippen LogP contribution >= 0.6 is 0 Å². The predicted molar refractivity (Wildman–Crippen MR) is 73.8 cm³/mol. The van der Waals surface area contributed by atoms with Gasteiger partial charge in [0.2, 0.25) is 11.8 Å². The van der Waals surface area contributed by atoms with Crippen LogP contribution in [0.2, 0.25) is 0 Å². The highest BCUT2D eigenvalue weighted by atomic mass is 16.4. The van der Waals surface area contributed by atoms with Crippen molar-refractivity contribution in [3.05, 3.63) is 41.7 Å². The number of aromatic carboxylic acids is 1. The molecule has 1 fully saturated rings. The smallest absolute Gasteiger partial charge is 0.337 e. The van der Waals surface area contributed by atoms with Crippen molar-refractivity contribution in [3.63, 3.8) is 0 Å². The van der Waals surface area contributed by atoms with Crippen molar-refractivity contribution in [2.45, 2.75) is 18.8 Å².